The Balaban J connectivity index is 2.07. The molecule has 22 heavy (non-hydrogen) atoms. The summed E-state index contributed by atoms with van der Waals surface area (Å²) < 4.78 is 42.4. The van der Waals surface area contributed by atoms with Crippen molar-refractivity contribution in [3.8, 4) is 6.07 Å². The Morgan fingerprint density at radius 2 is 2.14 bits per heavy atom. The van der Waals surface area contributed by atoms with Crippen molar-refractivity contribution in [1.29, 1.82) is 5.26 Å². The predicted octanol–water partition coefficient (Wildman–Crippen LogP) is 4.23. The lowest BCUT2D eigenvalue weighted by Gasteiger charge is -2.04. The van der Waals surface area contributed by atoms with E-state index in [2.05, 4.69) is 14.6 Å². The van der Waals surface area contributed by atoms with Crippen LogP contribution in [-0.4, -0.2) is 14.6 Å². The molecule has 2 aromatic heterocycles. The van der Waals surface area contributed by atoms with E-state index in [1.54, 1.807) is 5.38 Å². The molecule has 0 aliphatic rings. The van der Waals surface area contributed by atoms with Crippen LogP contribution >= 0.6 is 22.9 Å². The van der Waals surface area contributed by atoms with Crippen molar-refractivity contribution in [3.05, 3.63) is 39.8 Å². The molecular formula is C13H5F3N4S2. The number of aromatic nitrogens is 3. The highest BCUT2D eigenvalue weighted by atomic mass is 32.1. The largest absolute Gasteiger partial charge is 0.416 e. The first-order chi connectivity index (χ1) is 10.5. The number of nitrogens with zero attached hydrogens (tertiary/aromatic N) is 4. The Morgan fingerprint density at radius 1 is 1.32 bits per heavy atom. The lowest BCUT2D eigenvalue weighted by Crippen LogP contribution is -2.03. The van der Waals surface area contributed by atoms with Gasteiger partial charge in [-0.25, -0.2) is 4.98 Å². The highest BCUT2D eigenvalue weighted by Gasteiger charge is 2.30. The van der Waals surface area contributed by atoms with E-state index in [-0.39, 0.29) is 11.1 Å². The first-order valence-electron chi connectivity index (χ1n) is 5.84. The molecule has 0 saturated heterocycles. The minimum Gasteiger partial charge on any atom is -0.235 e. The van der Waals surface area contributed by atoms with Gasteiger partial charge in [0.1, 0.15) is 11.1 Å². The Bertz CT molecular complexity index is 888. The summed E-state index contributed by atoms with van der Waals surface area (Å²) >= 11 is 2.30. The number of allylic oxidation sites excluding steroid dienone is 1. The minimum atomic E-state index is -4.42. The van der Waals surface area contributed by atoms with Crippen molar-refractivity contribution in [2.45, 2.75) is 6.18 Å². The van der Waals surface area contributed by atoms with Crippen LogP contribution in [0.1, 0.15) is 16.3 Å². The molecule has 2 heterocycles. The van der Waals surface area contributed by atoms with Crippen LogP contribution in [-0.2, 0) is 6.18 Å². The van der Waals surface area contributed by atoms with Crippen LogP contribution in [0, 0.1) is 11.3 Å². The van der Waals surface area contributed by atoms with E-state index in [1.165, 1.54) is 12.1 Å². The number of rotatable bonds is 2. The first-order valence-corrected chi connectivity index (χ1v) is 7.50. The fourth-order valence-electron chi connectivity index (χ4n) is 1.74. The summed E-state index contributed by atoms with van der Waals surface area (Å²) in [7, 11) is 0. The molecule has 0 radical (unpaired) electrons. The van der Waals surface area contributed by atoms with Gasteiger partial charge in [0, 0.05) is 5.38 Å². The van der Waals surface area contributed by atoms with Crippen LogP contribution in [0.15, 0.2) is 23.6 Å². The number of hydrogen-bond donors (Lipinski definition) is 0. The van der Waals surface area contributed by atoms with Gasteiger partial charge in [-0.2, -0.15) is 18.4 Å². The van der Waals surface area contributed by atoms with E-state index in [9.17, 15) is 18.4 Å². The van der Waals surface area contributed by atoms with E-state index in [0.29, 0.717) is 15.4 Å². The molecule has 0 amide bonds. The topological polar surface area (TPSA) is 62.5 Å². The second kappa shape index (κ2) is 5.47. The molecule has 9 heteroatoms. The van der Waals surface area contributed by atoms with Gasteiger partial charge in [-0.15, -0.1) is 16.4 Å². The molecule has 0 N–H and O–H groups in total. The second-order valence-electron chi connectivity index (χ2n) is 4.20. The SMILES string of the molecule is N#C/C(=C/c1csnn1)c1nc2cc(C(F)(F)F)ccc2s1. The molecule has 110 valence electrons. The predicted molar refractivity (Wildman–Crippen MR) is 78.0 cm³/mol. The number of halogens is 3. The van der Waals surface area contributed by atoms with Crippen LogP contribution in [0.2, 0.25) is 0 Å². The Hall–Kier alpha value is -2.31. The standard InChI is InChI=1S/C13H5F3N4S2/c14-13(15,16)8-1-2-11-10(4-8)18-12(22-11)7(5-17)3-9-6-21-20-19-9/h1-4,6H/b7-3-. The number of benzene rings is 1. The fourth-order valence-corrected chi connectivity index (χ4v) is 3.07. The highest BCUT2D eigenvalue weighted by molar-refractivity contribution is 7.19. The maximum absolute atomic E-state index is 12.7. The van der Waals surface area contributed by atoms with Gasteiger partial charge in [0.15, 0.2) is 0 Å². The molecule has 0 saturated carbocycles. The molecule has 0 bridgehead atoms. The van der Waals surface area contributed by atoms with Crippen LogP contribution in [0.25, 0.3) is 21.9 Å². The van der Waals surface area contributed by atoms with Crippen molar-refractivity contribution in [2.75, 3.05) is 0 Å². The Morgan fingerprint density at radius 3 is 2.77 bits per heavy atom. The summed E-state index contributed by atoms with van der Waals surface area (Å²) in [6.45, 7) is 0. The monoisotopic (exact) mass is 338 g/mol. The highest BCUT2D eigenvalue weighted by Crippen LogP contribution is 2.34. The number of fused-ring (bicyclic) bond motifs is 1. The third-order valence-electron chi connectivity index (χ3n) is 2.73. The molecule has 3 aromatic rings. The van der Waals surface area contributed by atoms with Gasteiger partial charge in [-0.1, -0.05) is 4.49 Å². The van der Waals surface area contributed by atoms with Gasteiger partial charge < -0.3 is 0 Å². The summed E-state index contributed by atoms with van der Waals surface area (Å²) in [5.41, 5.74) is 0.203. The van der Waals surface area contributed by atoms with E-state index in [4.69, 9.17) is 0 Å². The van der Waals surface area contributed by atoms with E-state index in [0.717, 1.165) is 35.0 Å². The average Bonchev–Trinajstić information content (AvgIpc) is 3.11. The average molecular weight is 338 g/mol. The molecule has 0 aliphatic carbocycles. The zero-order valence-corrected chi connectivity index (χ0v) is 12.3. The normalized spacial score (nSPS) is 12.5. The molecule has 3 rings (SSSR count). The summed E-state index contributed by atoms with van der Waals surface area (Å²) in [5.74, 6) is 0. The second-order valence-corrected chi connectivity index (χ2v) is 5.84. The number of alkyl halides is 3. The lowest BCUT2D eigenvalue weighted by atomic mass is 10.2. The van der Waals surface area contributed by atoms with Gasteiger partial charge in [0.2, 0.25) is 0 Å². The zero-order chi connectivity index (χ0) is 15.7. The molecule has 0 aliphatic heterocycles. The van der Waals surface area contributed by atoms with Crippen molar-refractivity contribution >= 4 is 44.7 Å². The molecule has 0 spiro atoms. The molecular weight excluding hydrogens is 333 g/mol. The number of nitriles is 1. The van der Waals surface area contributed by atoms with Gasteiger partial charge in [-0.3, -0.25) is 0 Å². The van der Waals surface area contributed by atoms with Crippen LogP contribution in [0.4, 0.5) is 13.2 Å². The van der Waals surface area contributed by atoms with Gasteiger partial charge in [-0.05, 0) is 35.8 Å². The molecule has 4 nitrogen and oxygen atoms in total. The number of hydrogen-bond acceptors (Lipinski definition) is 6. The molecule has 1 aromatic carbocycles. The molecule has 0 atom stereocenters. The Kier molecular flexibility index (Phi) is 3.64. The van der Waals surface area contributed by atoms with Crippen molar-refractivity contribution in [1.82, 2.24) is 14.6 Å². The third kappa shape index (κ3) is 2.84. The summed E-state index contributed by atoms with van der Waals surface area (Å²) in [4.78, 5) is 4.12. The minimum absolute atomic E-state index is 0.215. The summed E-state index contributed by atoms with van der Waals surface area (Å²) in [6.07, 6.45) is -2.91. The maximum atomic E-state index is 12.7. The fraction of sp³-hybridized carbons (Fsp3) is 0.0769. The van der Waals surface area contributed by atoms with Crippen molar-refractivity contribution < 1.29 is 13.2 Å². The van der Waals surface area contributed by atoms with E-state index in [1.807, 2.05) is 6.07 Å². The van der Waals surface area contributed by atoms with E-state index >= 15 is 0 Å². The lowest BCUT2D eigenvalue weighted by molar-refractivity contribution is -0.137. The third-order valence-corrected chi connectivity index (χ3v) is 4.33. The summed E-state index contributed by atoms with van der Waals surface area (Å²) in [6, 6.07) is 5.33. The van der Waals surface area contributed by atoms with Crippen LogP contribution in [0.3, 0.4) is 0 Å². The molecule has 0 unspecified atom stereocenters. The summed E-state index contributed by atoms with van der Waals surface area (Å²) in [5, 5.41) is 15.0. The number of thiazole rings is 1. The maximum Gasteiger partial charge on any atom is 0.416 e. The van der Waals surface area contributed by atoms with Crippen molar-refractivity contribution in [2.24, 2.45) is 0 Å². The first kappa shape index (κ1) is 14.6. The zero-order valence-electron chi connectivity index (χ0n) is 10.6. The smallest absolute Gasteiger partial charge is 0.235 e. The van der Waals surface area contributed by atoms with Crippen LogP contribution in [0.5, 0.6) is 0 Å². The van der Waals surface area contributed by atoms with Gasteiger partial charge >= 0.3 is 6.18 Å². The van der Waals surface area contributed by atoms with Crippen molar-refractivity contribution in [3.63, 3.8) is 0 Å². The van der Waals surface area contributed by atoms with Crippen LogP contribution < -0.4 is 0 Å². The Labute approximate surface area is 130 Å². The van der Waals surface area contributed by atoms with E-state index < -0.39 is 11.7 Å². The molecule has 0 fully saturated rings. The quantitative estimate of drug-likeness (QED) is 0.656. The van der Waals surface area contributed by atoms with Gasteiger partial charge in [0.25, 0.3) is 0 Å². The van der Waals surface area contributed by atoms with Gasteiger partial charge in [0.05, 0.1) is 27.0 Å².